The van der Waals surface area contributed by atoms with Gasteiger partial charge in [-0.2, -0.15) is 0 Å². The molecule has 0 aromatic heterocycles. The molecule has 0 bridgehead atoms. The lowest BCUT2D eigenvalue weighted by atomic mass is 10.0. The minimum absolute atomic E-state index is 1.01. The van der Waals surface area contributed by atoms with Crippen LogP contribution in [0.1, 0.15) is 29.2 Å². The monoisotopic (exact) mass is 329 g/mol. The summed E-state index contributed by atoms with van der Waals surface area (Å²) in [5, 5.41) is 0. The highest BCUT2D eigenvalue weighted by Crippen LogP contribution is 2.39. The number of nitrogens with zero attached hydrogens (tertiary/aromatic N) is 1. The number of benzene rings is 2. The number of aryl methyl sites for hydroxylation is 4. The van der Waals surface area contributed by atoms with E-state index < -0.39 is 0 Å². The highest BCUT2D eigenvalue weighted by molar-refractivity contribution is 9.10. The maximum atomic E-state index is 3.64. The summed E-state index contributed by atoms with van der Waals surface area (Å²) in [6.45, 7) is 7.63. The summed E-state index contributed by atoms with van der Waals surface area (Å²) < 4.78 is 1.19. The lowest BCUT2D eigenvalue weighted by Gasteiger charge is -2.27. The van der Waals surface area contributed by atoms with Gasteiger partial charge in [-0.25, -0.2) is 0 Å². The van der Waals surface area contributed by atoms with Crippen LogP contribution in [0.5, 0.6) is 0 Å². The van der Waals surface area contributed by atoms with Crippen molar-refractivity contribution in [3.8, 4) is 0 Å². The Morgan fingerprint density at radius 2 is 1.80 bits per heavy atom. The average molecular weight is 330 g/mol. The number of halogens is 1. The fourth-order valence-electron chi connectivity index (χ4n) is 3.28. The van der Waals surface area contributed by atoms with Crippen LogP contribution < -0.4 is 4.90 Å². The predicted octanol–water partition coefficient (Wildman–Crippen LogP) is 5.32. The summed E-state index contributed by atoms with van der Waals surface area (Å²) in [4.78, 5) is 2.47. The molecule has 104 valence electrons. The topological polar surface area (TPSA) is 3.24 Å². The lowest BCUT2D eigenvalue weighted by molar-refractivity contribution is 0.973. The van der Waals surface area contributed by atoms with Gasteiger partial charge in [-0.15, -0.1) is 0 Å². The largest absolute Gasteiger partial charge is 0.341 e. The molecule has 0 radical (unpaired) electrons. The molecule has 1 nitrogen and oxygen atoms in total. The fourth-order valence-corrected chi connectivity index (χ4v) is 3.90. The van der Waals surface area contributed by atoms with Crippen LogP contribution in [0.25, 0.3) is 0 Å². The van der Waals surface area contributed by atoms with Crippen LogP contribution in [-0.4, -0.2) is 6.54 Å². The molecule has 1 heterocycles. The van der Waals surface area contributed by atoms with Crippen LogP contribution in [0.15, 0.2) is 34.8 Å². The fraction of sp³-hybridized carbons (Fsp3) is 0.333. The Labute approximate surface area is 129 Å². The Balaban J connectivity index is 2.23. The number of hydrogen-bond acceptors (Lipinski definition) is 1. The Bertz CT molecular complexity index is 661. The van der Waals surface area contributed by atoms with Gasteiger partial charge in [0.1, 0.15) is 0 Å². The SMILES string of the molecule is CCN1c2ccc(C)cc2CCc2cc(Br)cc(C)c21. The van der Waals surface area contributed by atoms with Crippen LogP contribution in [0.2, 0.25) is 0 Å². The van der Waals surface area contributed by atoms with E-state index in [1.807, 2.05) is 0 Å². The van der Waals surface area contributed by atoms with Gasteiger partial charge < -0.3 is 4.90 Å². The Morgan fingerprint density at radius 1 is 1.05 bits per heavy atom. The molecule has 0 aliphatic carbocycles. The molecule has 0 fully saturated rings. The second kappa shape index (κ2) is 5.25. The third-order valence-electron chi connectivity index (χ3n) is 4.12. The molecule has 0 amide bonds. The summed E-state index contributed by atoms with van der Waals surface area (Å²) >= 11 is 3.64. The summed E-state index contributed by atoms with van der Waals surface area (Å²) in [7, 11) is 0. The van der Waals surface area contributed by atoms with Crippen molar-refractivity contribution in [1.82, 2.24) is 0 Å². The van der Waals surface area contributed by atoms with Crippen molar-refractivity contribution in [2.24, 2.45) is 0 Å². The second-order valence-electron chi connectivity index (χ2n) is 5.61. The van der Waals surface area contributed by atoms with E-state index >= 15 is 0 Å². The van der Waals surface area contributed by atoms with Crippen molar-refractivity contribution < 1.29 is 0 Å². The van der Waals surface area contributed by atoms with Crippen LogP contribution in [-0.2, 0) is 12.8 Å². The van der Waals surface area contributed by atoms with Gasteiger partial charge in [0.05, 0.1) is 0 Å². The van der Waals surface area contributed by atoms with E-state index in [0.717, 1.165) is 19.4 Å². The minimum atomic E-state index is 1.01. The molecule has 2 aromatic rings. The third kappa shape index (κ3) is 2.26. The van der Waals surface area contributed by atoms with Crippen molar-refractivity contribution >= 4 is 27.3 Å². The second-order valence-corrected chi connectivity index (χ2v) is 6.52. The lowest BCUT2D eigenvalue weighted by Crippen LogP contribution is -2.18. The molecule has 0 spiro atoms. The summed E-state index contributed by atoms with van der Waals surface area (Å²) in [6, 6.07) is 11.4. The zero-order chi connectivity index (χ0) is 14.3. The van der Waals surface area contributed by atoms with Crippen LogP contribution >= 0.6 is 15.9 Å². The van der Waals surface area contributed by atoms with E-state index in [0.29, 0.717) is 0 Å². The smallest absolute Gasteiger partial charge is 0.0473 e. The van der Waals surface area contributed by atoms with E-state index in [2.05, 4.69) is 71.9 Å². The molecular weight excluding hydrogens is 310 g/mol. The molecule has 0 N–H and O–H groups in total. The maximum absolute atomic E-state index is 3.64. The van der Waals surface area contributed by atoms with E-state index in [1.165, 1.54) is 38.1 Å². The third-order valence-corrected chi connectivity index (χ3v) is 4.58. The van der Waals surface area contributed by atoms with Crippen molar-refractivity contribution in [2.45, 2.75) is 33.6 Å². The molecule has 20 heavy (non-hydrogen) atoms. The van der Waals surface area contributed by atoms with Gasteiger partial charge >= 0.3 is 0 Å². The van der Waals surface area contributed by atoms with Crippen LogP contribution in [0, 0.1) is 13.8 Å². The molecule has 2 heteroatoms. The predicted molar refractivity (Wildman–Crippen MR) is 90.1 cm³/mol. The normalized spacial score (nSPS) is 13.7. The summed E-state index contributed by atoms with van der Waals surface area (Å²) in [5.41, 5.74) is 8.40. The first-order valence-electron chi connectivity index (χ1n) is 7.26. The first-order valence-corrected chi connectivity index (χ1v) is 8.05. The quantitative estimate of drug-likeness (QED) is 0.684. The zero-order valence-corrected chi connectivity index (χ0v) is 13.9. The first kappa shape index (κ1) is 13.7. The Hall–Kier alpha value is -1.28. The van der Waals surface area contributed by atoms with Crippen LogP contribution in [0.3, 0.4) is 0 Å². The molecule has 0 saturated carbocycles. The molecule has 2 aromatic carbocycles. The highest BCUT2D eigenvalue weighted by Gasteiger charge is 2.21. The molecular formula is C18H20BrN. The van der Waals surface area contributed by atoms with Gasteiger partial charge in [-0.1, -0.05) is 33.6 Å². The van der Waals surface area contributed by atoms with Crippen molar-refractivity contribution in [3.63, 3.8) is 0 Å². The van der Waals surface area contributed by atoms with Crippen molar-refractivity contribution in [1.29, 1.82) is 0 Å². The standard InChI is InChI=1S/C18H20BrN/c1-4-20-17-8-5-12(2)9-14(17)6-7-15-11-16(19)10-13(3)18(15)20/h5,8-11H,4,6-7H2,1-3H3. The molecule has 1 aliphatic heterocycles. The van der Waals surface area contributed by atoms with Gasteiger partial charge in [0.2, 0.25) is 0 Å². The van der Waals surface area contributed by atoms with E-state index in [-0.39, 0.29) is 0 Å². The Morgan fingerprint density at radius 3 is 2.55 bits per heavy atom. The molecule has 0 saturated heterocycles. The number of anilines is 2. The maximum Gasteiger partial charge on any atom is 0.0473 e. The average Bonchev–Trinajstić information content (AvgIpc) is 2.55. The molecule has 0 unspecified atom stereocenters. The highest BCUT2D eigenvalue weighted by atomic mass is 79.9. The van der Waals surface area contributed by atoms with Gasteiger partial charge in [0, 0.05) is 22.4 Å². The number of fused-ring (bicyclic) bond motifs is 2. The van der Waals surface area contributed by atoms with Crippen molar-refractivity contribution in [3.05, 3.63) is 57.1 Å². The first-order chi connectivity index (χ1) is 9.60. The number of rotatable bonds is 1. The van der Waals surface area contributed by atoms with E-state index in [1.54, 1.807) is 0 Å². The van der Waals surface area contributed by atoms with Crippen molar-refractivity contribution in [2.75, 3.05) is 11.4 Å². The van der Waals surface area contributed by atoms with E-state index in [4.69, 9.17) is 0 Å². The number of hydrogen-bond donors (Lipinski definition) is 0. The molecule has 3 rings (SSSR count). The molecule has 0 atom stereocenters. The Kier molecular flexibility index (Phi) is 3.59. The van der Waals surface area contributed by atoms with Gasteiger partial charge in [-0.05, 0) is 68.5 Å². The summed E-state index contributed by atoms with van der Waals surface area (Å²) in [6.07, 6.45) is 2.24. The summed E-state index contributed by atoms with van der Waals surface area (Å²) in [5.74, 6) is 0. The van der Waals surface area contributed by atoms with Gasteiger partial charge in [0.15, 0.2) is 0 Å². The van der Waals surface area contributed by atoms with Crippen LogP contribution in [0.4, 0.5) is 11.4 Å². The zero-order valence-electron chi connectivity index (χ0n) is 12.3. The molecule has 1 aliphatic rings. The van der Waals surface area contributed by atoms with Gasteiger partial charge in [-0.3, -0.25) is 0 Å². The van der Waals surface area contributed by atoms with Gasteiger partial charge in [0.25, 0.3) is 0 Å². The van der Waals surface area contributed by atoms with E-state index in [9.17, 15) is 0 Å². The minimum Gasteiger partial charge on any atom is -0.341 e.